The highest BCUT2D eigenvalue weighted by atomic mass is 35.5. The number of hydrogen-bond donors (Lipinski definition) is 1. The monoisotopic (exact) mass is 329 g/mol. The molecule has 1 aromatic carbocycles. The number of nitrogens with zero attached hydrogens (tertiary/aromatic N) is 2. The summed E-state index contributed by atoms with van der Waals surface area (Å²) in [4.78, 5) is 25.5. The Hall–Kier alpha value is -2.25. The van der Waals surface area contributed by atoms with E-state index in [0.717, 1.165) is 18.2 Å². The number of hydrogen-bond acceptors (Lipinski definition) is 4. The summed E-state index contributed by atoms with van der Waals surface area (Å²) >= 11 is 11.4. The lowest BCUT2D eigenvalue weighted by Gasteiger charge is -2.06. The summed E-state index contributed by atoms with van der Waals surface area (Å²) in [5.41, 5.74) is -0.452. The summed E-state index contributed by atoms with van der Waals surface area (Å²) in [6.07, 6.45) is 1.18. The molecule has 0 atom stereocenters. The molecule has 1 N–H and O–H groups in total. The molecule has 0 radical (unpaired) electrons. The van der Waals surface area contributed by atoms with E-state index in [4.69, 9.17) is 23.2 Å². The summed E-state index contributed by atoms with van der Waals surface area (Å²) < 4.78 is 13.3. The molecular formula is C12H6Cl2FN3O3. The van der Waals surface area contributed by atoms with Gasteiger partial charge in [-0.25, -0.2) is 9.37 Å². The van der Waals surface area contributed by atoms with Gasteiger partial charge in [0.1, 0.15) is 11.0 Å². The number of carbonyl (C=O) groups excluding carboxylic acids is 1. The molecule has 0 saturated carbocycles. The number of nitro groups is 1. The van der Waals surface area contributed by atoms with Crippen molar-refractivity contribution >= 4 is 40.5 Å². The van der Waals surface area contributed by atoms with Crippen LogP contribution in [0.2, 0.25) is 10.2 Å². The lowest BCUT2D eigenvalue weighted by molar-refractivity contribution is -0.385. The van der Waals surface area contributed by atoms with Crippen molar-refractivity contribution in [3.05, 3.63) is 62.1 Å². The molecule has 0 unspecified atom stereocenters. The van der Waals surface area contributed by atoms with Crippen LogP contribution in [0.15, 0.2) is 30.5 Å². The number of amides is 1. The molecule has 6 nitrogen and oxygen atoms in total. The highest BCUT2D eigenvalue weighted by Crippen LogP contribution is 2.22. The van der Waals surface area contributed by atoms with Gasteiger partial charge < -0.3 is 5.32 Å². The maximum Gasteiger partial charge on any atom is 0.274 e. The fourth-order valence-electron chi connectivity index (χ4n) is 1.50. The van der Waals surface area contributed by atoms with Crippen molar-refractivity contribution in [1.29, 1.82) is 0 Å². The van der Waals surface area contributed by atoms with E-state index in [1.165, 1.54) is 12.3 Å². The number of nitrogens with one attached hydrogen (secondary N) is 1. The summed E-state index contributed by atoms with van der Waals surface area (Å²) in [6.45, 7) is 0. The second-order valence-corrected chi connectivity index (χ2v) is 4.67. The number of pyridine rings is 1. The van der Waals surface area contributed by atoms with Crippen LogP contribution < -0.4 is 5.32 Å². The third-order valence-electron chi connectivity index (χ3n) is 2.41. The third-order valence-corrected chi connectivity index (χ3v) is 3.10. The number of aromatic nitrogens is 1. The first-order valence-corrected chi connectivity index (χ1v) is 6.20. The quantitative estimate of drug-likeness (QED) is 0.528. The zero-order chi connectivity index (χ0) is 15.6. The topological polar surface area (TPSA) is 85.1 Å². The predicted molar refractivity (Wildman–Crippen MR) is 75.3 cm³/mol. The summed E-state index contributed by atoms with van der Waals surface area (Å²) in [5, 5.41) is 13.1. The lowest BCUT2D eigenvalue weighted by atomic mass is 10.2. The first kappa shape index (κ1) is 15.1. The maximum atomic E-state index is 13.3. The van der Waals surface area contributed by atoms with Crippen LogP contribution in [0.5, 0.6) is 0 Å². The van der Waals surface area contributed by atoms with E-state index < -0.39 is 22.3 Å². The van der Waals surface area contributed by atoms with Crippen LogP contribution >= 0.6 is 23.2 Å². The van der Waals surface area contributed by atoms with Gasteiger partial charge in [-0.2, -0.15) is 0 Å². The number of carbonyl (C=O) groups is 1. The molecule has 1 amide bonds. The minimum absolute atomic E-state index is 0.0367. The van der Waals surface area contributed by atoms with Crippen molar-refractivity contribution in [3.8, 4) is 0 Å². The molecule has 2 rings (SSSR count). The maximum absolute atomic E-state index is 13.3. The average Bonchev–Trinajstić information content (AvgIpc) is 2.41. The molecule has 9 heteroatoms. The van der Waals surface area contributed by atoms with Gasteiger partial charge in [0.25, 0.3) is 11.6 Å². The molecule has 0 aliphatic heterocycles. The van der Waals surface area contributed by atoms with E-state index in [-0.39, 0.29) is 21.4 Å². The van der Waals surface area contributed by atoms with Gasteiger partial charge in [0.2, 0.25) is 0 Å². The van der Waals surface area contributed by atoms with Crippen molar-refractivity contribution in [2.45, 2.75) is 0 Å². The van der Waals surface area contributed by atoms with Gasteiger partial charge in [-0.15, -0.1) is 0 Å². The number of nitro benzene ring substituents is 1. The average molecular weight is 330 g/mol. The van der Waals surface area contributed by atoms with Gasteiger partial charge in [0.05, 0.1) is 27.3 Å². The second kappa shape index (κ2) is 6.02. The van der Waals surface area contributed by atoms with Crippen LogP contribution in [0, 0.1) is 15.9 Å². The molecular weight excluding hydrogens is 324 g/mol. The molecule has 0 aliphatic rings. The van der Waals surface area contributed by atoms with Gasteiger partial charge in [0.15, 0.2) is 0 Å². The van der Waals surface area contributed by atoms with Crippen LogP contribution in [-0.4, -0.2) is 15.8 Å². The Morgan fingerprint density at radius 2 is 2.00 bits per heavy atom. The number of rotatable bonds is 3. The number of halogens is 3. The lowest BCUT2D eigenvalue weighted by Crippen LogP contribution is -2.12. The molecule has 2 aromatic rings. The van der Waals surface area contributed by atoms with Gasteiger partial charge >= 0.3 is 0 Å². The highest BCUT2D eigenvalue weighted by molar-refractivity contribution is 6.41. The van der Waals surface area contributed by atoms with Crippen LogP contribution in [0.4, 0.5) is 15.8 Å². The zero-order valence-corrected chi connectivity index (χ0v) is 11.7. The van der Waals surface area contributed by atoms with Gasteiger partial charge in [0, 0.05) is 12.3 Å². The van der Waals surface area contributed by atoms with Gasteiger partial charge in [-0.05, 0) is 12.1 Å². The zero-order valence-electron chi connectivity index (χ0n) is 10.1. The normalized spacial score (nSPS) is 10.2. The van der Waals surface area contributed by atoms with Gasteiger partial charge in [-0.1, -0.05) is 23.2 Å². The third kappa shape index (κ3) is 3.65. The summed E-state index contributed by atoms with van der Waals surface area (Å²) in [6, 6.07) is 4.01. The number of non-ortho nitro benzene ring substituents is 1. The first-order valence-electron chi connectivity index (χ1n) is 5.44. The van der Waals surface area contributed by atoms with E-state index in [2.05, 4.69) is 10.3 Å². The van der Waals surface area contributed by atoms with Crippen molar-refractivity contribution in [2.75, 3.05) is 5.32 Å². The fraction of sp³-hybridized carbons (Fsp3) is 0. The van der Waals surface area contributed by atoms with Crippen molar-refractivity contribution < 1.29 is 14.1 Å². The smallest absolute Gasteiger partial charge is 0.274 e. The number of benzene rings is 1. The Balaban J connectivity index is 2.27. The molecule has 0 bridgehead atoms. The predicted octanol–water partition coefficient (Wildman–Crippen LogP) is 3.69. The van der Waals surface area contributed by atoms with E-state index in [0.29, 0.717) is 0 Å². The highest BCUT2D eigenvalue weighted by Gasteiger charge is 2.14. The number of anilines is 1. The summed E-state index contributed by atoms with van der Waals surface area (Å²) in [5.74, 6) is -1.49. The Morgan fingerprint density at radius 1 is 1.29 bits per heavy atom. The molecule has 1 heterocycles. The standard InChI is InChI=1S/C12H6Cl2FN3O3/c13-10-1-6(5-16-11(10)14)12(19)17-8-2-7(15)3-9(4-8)18(20)21/h1-5H,(H,17,19). The van der Waals surface area contributed by atoms with Crippen LogP contribution in [-0.2, 0) is 0 Å². The van der Waals surface area contributed by atoms with Crippen LogP contribution in [0.1, 0.15) is 10.4 Å². The van der Waals surface area contributed by atoms with E-state index in [9.17, 15) is 19.3 Å². The Kier molecular flexibility index (Phi) is 4.35. The molecule has 0 saturated heterocycles. The minimum Gasteiger partial charge on any atom is -0.322 e. The minimum atomic E-state index is -0.841. The first-order chi connectivity index (χ1) is 9.86. The summed E-state index contributed by atoms with van der Waals surface area (Å²) in [7, 11) is 0. The van der Waals surface area contributed by atoms with Gasteiger partial charge in [-0.3, -0.25) is 14.9 Å². The molecule has 0 fully saturated rings. The largest absolute Gasteiger partial charge is 0.322 e. The SMILES string of the molecule is O=C(Nc1cc(F)cc([N+](=O)[O-])c1)c1cnc(Cl)c(Cl)c1. The molecule has 0 spiro atoms. The second-order valence-electron chi connectivity index (χ2n) is 3.91. The van der Waals surface area contributed by atoms with E-state index >= 15 is 0 Å². The Labute approximate surface area is 127 Å². The van der Waals surface area contributed by atoms with E-state index in [1.54, 1.807) is 0 Å². The molecule has 108 valence electrons. The molecule has 0 aliphatic carbocycles. The fourth-order valence-corrected chi connectivity index (χ4v) is 1.77. The Morgan fingerprint density at radius 3 is 2.62 bits per heavy atom. The molecule has 21 heavy (non-hydrogen) atoms. The van der Waals surface area contributed by atoms with Crippen LogP contribution in [0.25, 0.3) is 0 Å². The van der Waals surface area contributed by atoms with Crippen molar-refractivity contribution in [2.24, 2.45) is 0 Å². The van der Waals surface area contributed by atoms with E-state index in [1.807, 2.05) is 0 Å². The molecule has 1 aromatic heterocycles. The van der Waals surface area contributed by atoms with Crippen LogP contribution in [0.3, 0.4) is 0 Å². The van der Waals surface area contributed by atoms with Crippen molar-refractivity contribution in [1.82, 2.24) is 4.98 Å². The van der Waals surface area contributed by atoms with Crippen molar-refractivity contribution in [3.63, 3.8) is 0 Å². The Bertz CT molecular complexity index is 740.